The average Bonchev–Trinajstić information content (AvgIpc) is 2.75. The number of rotatable bonds is 10. The number of carboxylic acids is 1. The van der Waals surface area contributed by atoms with Crippen molar-refractivity contribution in [3.63, 3.8) is 0 Å². The van der Waals surface area contributed by atoms with Gasteiger partial charge in [-0.25, -0.2) is 0 Å². The van der Waals surface area contributed by atoms with Crippen LogP contribution in [0.3, 0.4) is 0 Å². The Morgan fingerprint density at radius 2 is 1.74 bits per heavy atom. The maximum Gasteiger partial charge on any atom is 0.306 e. The van der Waals surface area contributed by atoms with E-state index in [0.29, 0.717) is 17.2 Å². The topological polar surface area (TPSA) is 92.9 Å². The maximum absolute atomic E-state index is 12.1. The van der Waals surface area contributed by atoms with Gasteiger partial charge in [0, 0.05) is 24.8 Å². The van der Waals surface area contributed by atoms with Crippen LogP contribution >= 0.6 is 0 Å². The van der Waals surface area contributed by atoms with Crippen LogP contribution in [-0.4, -0.2) is 43.0 Å². The predicted octanol–water partition coefficient (Wildman–Crippen LogP) is 7.21. The molecule has 1 aliphatic rings. The molecule has 0 aliphatic heterocycles. The molecule has 198 valence electrons. The fraction of sp³-hybridized carbons (Fsp3) is 0.741. The molecular formula is C27H46N2O5Si. The van der Waals surface area contributed by atoms with Crippen molar-refractivity contribution >= 4 is 25.7 Å². The molecule has 2 atom stereocenters. The first kappa shape index (κ1) is 29.3. The lowest BCUT2D eigenvalue weighted by molar-refractivity contribution is -0.384. The lowest BCUT2D eigenvalue weighted by atomic mass is 9.88. The van der Waals surface area contributed by atoms with Gasteiger partial charge in [-0.1, -0.05) is 54.5 Å². The van der Waals surface area contributed by atoms with E-state index in [1.807, 2.05) is 19.1 Å². The third-order valence-electron chi connectivity index (χ3n) is 8.08. The van der Waals surface area contributed by atoms with Crippen molar-refractivity contribution in [3.8, 4) is 0 Å². The van der Waals surface area contributed by atoms with E-state index >= 15 is 0 Å². The molecule has 0 saturated heterocycles. The molecule has 0 bridgehead atoms. The van der Waals surface area contributed by atoms with Crippen LogP contribution < -0.4 is 4.90 Å². The van der Waals surface area contributed by atoms with Crippen LogP contribution in [0.25, 0.3) is 0 Å². The largest absolute Gasteiger partial charge is 0.481 e. The third kappa shape index (κ3) is 7.29. The highest BCUT2D eigenvalue weighted by atomic mass is 28.4. The first-order valence-corrected chi connectivity index (χ1v) is 15.9. The summed E-state index contributed by atoms with van der Waals surface area (Å²) in [5.74, 6) is -1.49. The summed E-state index contributed by atoms with van der Waals surface area (Å²) in [7, 11) is -1.83. The summed E-state index contributed by atoms with van der Waals surface area (Å²) >= 11 is 0. The quantitative estimate of drug-likeness (QED) is 0.205. The number of nitro groups is 1. The van der Waals surface area contributed by atoms with Crippen LogP contribution in [0.15, 0.2) is 18.2 Å². The van der Waals surface area contributed by atoms with Crippen LogP contribution in [0.1, 0.15) is 85.6 Å². The van der Waals surface area contributed by atoms with Crippen molar-refractivity contribution < 1.29 is 19.3 Å². The standard InChI is InChI=1S/C27H46N2O5Si/c1-18(2)17-28(22-11-13-23(14-12-22)34-35(8,9)27(5,6)7)24-15-10-21(16-25(24)29(32)33)19(3)20(4)26(30)31/h10,15-16,18-20,22-23H,11-14,17H2,1-9H3,(H,30,31)/t19?,20?,22-,23-. The smallest absolute Gasteiger partial charge is 0.306 e. The minimum absolute atomic E-state index is 0.0623. The first-order valence-electron chi connectivity index (χ1n) is 13.0. The lowest BCUT2D eigenvalue weighted by Crippen LogP contribution is -2.47. The normalized spacial score (nSPS) is 21.0. The predicted molar refractivity (Wildman–Crippen MR) is 145 cm³/mol. The van der Waals surface area contributed by atoms with Crippen LogP contribution in [0.2, 0.25) is 18.1 Å². The highest BCUT2D eigenvalue weighted by Gasteiger charge is 2.40. The van der Waals surface area contributed by atoms with Crippen molar-refractivity contribution in [2.24, 2.45) is 11.8 Å². The zero-order valence-electron chi connectivity index (χ0n) is 23.1. The molecular weight excluding hydrogens is 460 g/mol. The Bertz CT molecular complexity index is 888. The molecule has 1 aromatic rings. The zero-order chi connectivity index (χ0) is 26.7. The maximum atomic E-state index is 12.1. The van der Waals surface area contributed by atoms with Crippen LogP contribution in [0, 0.1) is 22.0 Å². The number of hydrogen-bond acceptors (Lipinski definition) is 5. The van der Waals surface area contributed by atoms with Gasteiger partial charge in [-0.05, 0) is 67.3 Å². The van der Waals surface area contributed by atoms with Gasteiger partial charge >= 0.3 is 5.97 Å². The zero-order valence-corrected chi connectivity index (χ0v) is 24.1. The number of hydrogen-bond donors (Lipinski definition) is 1. The highest BCUT2D eigenvalue weighted by molar-refractivity contribution is 6.74. The van der Waals surface area contributed by atoms with Crippen molar-refractivity contribution in [1.82, 2.24) is 0 Å². The third-order valence-corrected chi connectivity index (χ3v) is 12.6. The van der Waals surface area contributed by atoms with E-state index in [9.17, 15) is 20.0 Å². The van der Waals surface area contributed by atoms with Crippen molar-refractivity contribution in [2.45, 2.75) is 110 Å². The monoisotopic (exact) mass is 506 g/mol. The molecule has 1 aliphatic carbocycles. The Morgan fingerprint density at radius 3 is 2.20 bits per heavy atom. The SMILES string of the molecule is CC(C)CN(c1ccc(C(C)C(C)C(=O)O)cc1[N+](=O)[O-])[C@H]1CC[C@H](O[Si](C)(C)C(C)(C)C)CC1. The minimum atomic E-state index is -1.83. The van der Waals surface area contributed by atoms with Gasteiger partial charge in [-0.15, -0.1) is 0 Å². The molecule has 1 aromatic carbocycles. The summed E-state index contributed by atoms with van der Waals surface area (Å²) in [6, 6.07) is 5.50. The van der Waals surface area contributed by atoms with Crippen molar-refractivity contribution in [3.05, 3.63) is 33.9 Å². The molecule has 0 radical (unpaired) electrons. The Labute approximate surface area is 212 Å². The van der Waals surface area contributed by atoms with Crippen LogP contribution in [0.4, 0.5) is 11.4 Å². The van der Waals surface area contributed by atoms with E-state index in [1.165, 1.54) is 0 Å². The average molecular weight is 507 g/mol. The summed E-state index contributed by atoms with van der Waals surface area (Å²) in [6.07, 6.45) is 4.06. The number of anilines is 1. The van der Waals surface area contributed by atoms with E-state index in [0.717, 1.165) is 32.2 Å². The number of nitrogens with zero attached hydrogens (tertiary/aromatic N) is 2. The Kier molecular flexibility index (Phi) is 9.56. The van der Waals surface area contributed by atoms with E-state index < -0.39 is 20.2 Å². The van der Waals surface area contributed by atoms with Gasteiger partial charge in [0.2, 0.25) is 0 Å². The van der Waals surface area contributed by atoms with Gasteiger partial charge in [-0.2, -0.15) is 0 Å². The van der Waals surface area contributed by atoms with Gasteiger partial charge in [0.15, 0.2) is 8.32 Å². The van der Waals surface area contributed by atoms with E-state index in [4.69, 9.17) is 4.43 Å². The molecule has 0 heterocycles. The van der Waals surface area contributed by atoms with Crippen LogP contribution in [-0.2, 0) is 9.22 Å². The summed E-state index contributed by atoms with van der Waals surface area (Å²) in [4.78, 5) is 25.5. The Morgan fingerprint density at radius 1 is 1.17 bits per heavy atom. The summed E-state index contributed by atoms with van der Waals surface area (Å²) in [5.41, 5.74) is 1.38. The first-order chi connectivity index (χ1) is 16.0. The number of carbonyl (C=O) groups is 1. The molecule has 2 unspecified atom stereocenters. The van der Waals surface area contributed by atoms with Gasteiger partial charge in [-0.3, -0.25) is 14.9 Å². The molecule has 8 heteroatoms. The highest BCUT2D eigenvalue weighted by Crippen LogP contribution is 2.41. The molecule has 1 N–H and O–H groups in total. The fourth-order valence-electron chi connectivity index (χ4n) is 4.62. The molecule has 35 heavy (non-hydrogen) atoms. The van der Waals surface area contributed by atoms with Crippen molar-refractivity contribution in [2.75, 3.05) is 11.4 Å². The molecule has 1 saturated carbocycles. The number of aliphatic carboxylic acids is 1. The Balaban J connectivity index is 2.29. The fourth-order valence-corrected chi connectivity index (χ4v) is 6.04. The number of benzene rings is 1. The molecule has 2 rings (SSSR count). The molecule has 0 aromatic heterocycles. The molecule has 1 fully saturated rings. The lowest BCUT2D eigenvalue weighted by Gasteiger charge is -2.43. The van der Waals surface area contributed by atoms with Crippen LogP contribution in [0.5, 0.6) is 0 Å². The summed E-state index contributed by atoms with van der Waals surface area (Å²) in [6.45, 7) is 19.8. The number of carboxylic acid groups (broad SMARTS) is 1. The summed E-state index contributed by atoms with van der Waals surface area (Å²) < 4.78 is 6.67. The second kappa shape index (κ2) is 11.4. The molecule has 0 amide bonds. The van der Waals surface area contributed by atoms with E-state index in [1.54, 1.807) is 13.0 Å². The van der Waals surface area contributed by atoms with Gasteiger partial charge < -0.3 is 14.4 Å². The minimum Gasteiger partial charge on any atom is -0.481 e. The second-order valence-corrected chi connectivity index (χ2v) is 17.0. The second-order valence-electron chi connectivity index (χ2n) is 12.3. The number of nitro benzene ring substituents is 1. The van der Waals surface area contributed by atoms with E-state index in [2.05, 4.69) is 52.6 Å². The summed E-state index contributed by atoms with van der Waals surface area (Å²) in [5, 5.41) is 21.7. The van der Waals surface area contributed by atoms with Gasteiger partial charge in [0.1, 0.15) is 5.69 Å². The van der Waals surface area contributed by atoms with Crippen molar-refractivity contribution in [1.29, 1.82) is 0 Å². The molecule has 7 nitrogen and oxygen atoms in total. The van der Waals surface area contributed by atoms with Gasteiger partial charge in [0.05, 0.1) is 10.8 Å². The molecule has 0 spiro atoms. The van der Waals surface area contributed by atoms with Gasteiger partial charge in [0.25, 0.3) is 5.69 Å². The Hall–Kier alpha value is -1.93. The van der Waals surface area contributed by atoms with E-state index in [-0.39, 0.29) is 33.7 Å².